The quantitative estimate of drug-likeness (QED) is 0.787. The number of nitrogens with one attached hydrogen (secondary N) is 3. The van der Waals surface area contributed by atoms with Gasteiger partial charge in [0.1, 0.15) is 6.04 Å². The Morgan fingerprint density at radius 3 is 2.55 bits per heavy atom. The third-order valence-corrected chi connectivity index (χ3v) is 4.06. The van der Waals surface area contributed by atoms with E-state index in [0.29, 0.717) is 5.69 Å². The SMILES string of the molecule is O=C(C[C@@H]1Nc2ccccc2NC1=O)Nc1ccccc1Br. The lowest BCUT2D eigenvalue weighted by molar-refractivity contribution is -0.122. The molecule has 0 fully saturated rings. The van der Waals surface area contributed by atoms with E-state index in [2.05, 4.69) is 31.9 Å². The minimum atomic E-state index is -0.586. The van der Waals surface area contributed by atoms with Gasteiger partial charge in [-0.15, -0.1) is 0 Å². The van der Waals surface area contributed by atoms with E-state index in [1.807, 2.05) is 42.5 Å². The Morgan fingerprint density at radius 1 is 1.09 bits per heavy atom. The number of hydrogen-bond donors (Lipinski definition) is 3. The van der Waals surface area contributed by atoms with Crippen molar-refractivity contribution in [3.63, 3.8) is 0 Å². The molecule has 3 rings (SSSR count). The zero-order valence-corrected chi connectivity index (χ0v) is 13.2. The van der Waals surface area contributed by atoms with Crippen molar-refractivity contribution in [2.75, 3.05) is 16.0 Å². The van der Waals surface area contributed by atoms with Crippen LogP contribution < -0.4 is 16.0 Å². The molecule has 2 aromatic rings. The van der Waals surface area contributed by atoms with Crippen LogP contribution in [0.3, 0.4) is 0 Å². The third-order valence-electron chi connectivity index (χ3n) is 3.37. The molecule has 0 radical (unpaired) electrons. The molecule has 0 saturated heterocycles. The first-order valence-corrected chi connectivity index (χ1v) is 7.63. The van der Waals surface area contributed by atoms with Crippen molar-refractivity contribution in [2.45, 2.75) is 12.5 Å². The van der Waals surface area contributed by atoms with E-state index < -0.39 is 6.04 Å². The summed E-state index contributed by atoms with van der Waals surface area (Å²) in [6, 6.07) is 14.2. The second-order valence-electron chi connectivity index (χ2n) is 4.96. The van der Waals surface area contributed by atoms with Crippen LogP contribution in [0, 0.1) is 0 Å². The summed E-state index contributed by atoms with van der Waals surface area (Å²) in [6.45, 7) is 0. The molecular formula is C16H14BrN3O2. The summed E-state index contributed by atoms with van der Waals surface area (Å²) in [5.41, 5.74) is 2.24. The van der Waals surface area contributed by atoms with Gasteiger partial charge in [0.15, 0.2) is 0 Å². The largest absolute Gasteiger partial charge is 0.372 e. The minimum absolute atomic E-state index is 0.0570. The number of para-hydroxylation sites is 3. The van der Waals surface area contributed by atoms with Gasteiger partial charge < -0.3 is 16.0 Å². The highest BCUT2D eigenvalue weighted by Crippen LogP contribution is 2.27. The van der Waals surface area contributed by atoms with E-state index in [0.717, 1.165) is 15.8 Å². The van der Waals surface area contributed by atoms with E-state index >= 15 is 0 Å². The molecule has 0 aliphatic carbocycles. The molecule has 1 atom stereocenters. The van der Waals surface area contributed by atoms with Gasteiger partial charge in [0.25, 0.3) is 0 Å². The smallest absolute Gasteiger partial charge is 0.247 e. The Morgan fingerprint density at radius 2 is 1.77 bits per heavy atom. The zero-order chi connectivity index (χ0) is 15.5. The van der Waals surface area contributed by atoms with Gasteiger partial charge in [-0.25, -0.2) is 0 Å². The van der Waals surface area contributed by atoms with Gasteiger partial charge in [-0.2, -0.15) is 0 Å². The highest BCUT2D eigenvalue weighted by atomic mass is 79.9. The summed E-state index contributed by atoms with van der Waals surface area (Å²) in [5.74, 6) is -0.431. The topological polar surface area (TPSA) is 70.2 Å². The maximum atomic E-state index is 12.1. The van der Waals surface area contributed by atoms with E-state index in [4.69, 9.17) is 0 Å². The minimum Gasteiger partial charge on any atom is -0.372 e. The van der Waals surface area contributed by atoms with Gasteiger partial charge >= 0.3 is 0 Å². The number of hydrogen-bond acceptors (Lipinski definition) is 3. The number of carbonyl (C=O) groups is 2. The highest BCUT2D eigenvalue weighted by molar-refractivity contribution is 9.10. The third kappa shape index (κ3) is 3.12. The van der Waals surface area contributed by atoms with Gasteiger partial charge in [-0.3, -0.25) is 9.59 Å². The summed E-state index contributed by atoms with van der Waals surface area (Å²) >= 11 is 3.37. The van der Waals surface area contributed by atoms with Gasteiger partial charge in [0, 0.05) is 4.47 Å². The zero-order valence-electron chi connectivity index (χ0n) is 11.6. The Hall–Kier alpha value is -2.34. The number of carbonyl (C=O) groups excluding carboxylic acids is 2. The van der Waals surface area contributed by atoms with Crippen molar-refractivity contribution in [1.82, 2.24) is 0 Å². The van der Waals surface area contributed by atoms with Gasteiger partial charge in [-0.1, -0.05) is 24.3 Å². The molecule has 112 valence electrons. The van der Waals surface area contributed by atoms with E-state index in [1.54, 1.807) is 6.07 Å². The highest BCUT2D eigenvalue weighted by Gasteiger charge is 2.27. The number of rotatable bonds is 3. The number of halogens is 1. The van der Waals surface area contributed by atoms with Crippen LogP contribution >= 0.6 is 15.9 Å². The molecule has 3 N–H and O–H groups in total. The van der Waals surface area contributed by atoms with Gasteiger partial charge in [0.05, 0.1) is 23.5 Å². The van der Waals surface area contributed by atoms with Gasteiger partial charge in [-0.05, 0) is 40.2 Å². The van der Waals surface area contributed by atoms with Crippen molar-refractivity contribution in [2.24, 2.45) is 0 Å². The Bertz CT molecular complexity index is 733. The molecule has 5 nitrogen and oxygen atoms in total. The number of fused-ring (bicyclic) bond motifs is 1. The first-order valence-electron chi connectivity index (χ1n) is 6.84. The molecular weight excluding hydrogens is 346 g/mol. The number of benzene rings is 2. The Labute approximate surface area is 136 Å². The van der Waals surface area contributed by atoms with Crippen LogP contribution in [0.15, 0.2) is 53.0 Å². The lowest BCUT2D eigenvalue weighted by atomic mass is 10.1. The Kier molecular flexibility index (Phi) is 4.11. The molecule has 1 aliphatic rings. The summed E-state index contributed by atoms with van der Waals surface area (Å²) in [5, 5.41) is 8.69. The summed E-state index contributed by atoms with van der Waals surface area (Å²) in [6.07, 6.45) is 0.0570. The first-order chi connectivity index (χ1) is 10.6. The molecule has 1 heterocycles. The number of amides is 2. The second kappa shape index (κ2) is 6.19. The lowest BCUT2D eigenvalue weighted by Crippen LogP contribution is -2.41. The van der Waals surface area contributed by atoms with Crippen molar-refractivity contribution in [3.05, 3.63) is 53.0 Å². The summed E-state index contributed by atoms with van der Waals surface area (Å²) < 4.78 is 0.801. The molecule has 0 bridgehead atoms. The molecule has 1 aliphatic heterocycles. The van der Waals surface area contributed by atoms with Crippen LogP contribution in [0.1, 0.15) is 6.42 Å². The average molecular weight is 360 g/mol. The van der Waals surface area contributed by atoms with Gasteiger partial charge in [0.2, 0.25) is 11.8 Å². The molecule has 0 saturated carbocycles. The molecule has 6 heteroatoms. The molecule has 0 aromatic heterocycles. The fourth-order valence-electron chi connectivity index (χ4n) is 2.28. The van der Waals surface area contributed by atoms with E-state index in [9.17, 15) is 9.59 Å². The van der Waals surface area contributed by atoms with Crippen LogP contribution in [0.2, 0.25) is 0 Å². The van der Waals surface area contributed by atoms with Crippen molar-refractivity contribution in [1.29, 1.82) is 0 Å². The van der Waals surface area contributed by atoms with Crippen molar-refractivity contribution in [3.8, 4) is 0 Å². The fraction of sp³-hybridized carbons (Fsp3) is 0.125. The fourth-order valence-corrected chi connectivity index (χ4v) is 2.67. The molecule has 22 heavy (non-hydrogen) atoms. The van der Waals surface area contributed by atoms with Crippen LogP contribution in [-0.4, -0.2) is 17.9 Å². The first kappa shape index (κ1) is 14.6. The number of anilines is 3. The molecule has 0 spiro atoms. The summed E-state index contributed by atoms with van der Waals surface area (Å²) in [7, 11) is 0. The van der Waals surface area contributed by atoms with E-state index in [-0.39, 0.29) is 18.2 Å². The molecule has 2 aromatic carbocycles. The summed E-state index contributed by atoms with van der Waals surface area (Å²) in [4.78, 5) is 24.2. The average Bonchev–Trinajstić information content (AvgIpc) is 2.50. The second-order valence-corrected chi connectivity index (χ2v) is 5.82. The van der Waals surface area contributed by atoms with Crippen LogP contribution in [-0.2, 0) is 9.59 Å². The van der Waals surface area contributed by atoms with Crippen molar-refractivity contribution < 1.29 is 9.59 Å². The van der Waals surface area contributed by atoms with Crippen LogP contribution in [0.4, 0.5) is 17.1 Å². The van der Waals surface area contributed by atoms with Crippen LogP contribution in [0.25, 0.3) is 0 Å². The predicted octanol–water partition coefficient (Wildman–Crippen LogP) is 3.21. The van der Waals surface area contributed by atoms with E-state index in [1.165, 1.54) is 0 Å². The normalized spacial score (nSPS) is 16.2. The lowest BCUT2D eigenvalue weighted by Gasteiger charge is -2.26. The van der Waals surface area contributed by atoms with Crippen molar-refractivity contribution >= 4 is 44.8 Å². The predicted molar refractivity (Wildman–Crippen MR) is 89.9 cm³/mol. The standard InChI is InChI=1S/C16H14BrN3O2/c17-10-5-1-2-6-11(10)19-15(21)9-14-16(22)20-13-8-4-3-7-12(13)18-14/h1-8,14,18H,9H2,(H,19,21)(H,20,22)/t14-/m0/s1. The molecule has 2 amide bonds. The van der Waals surface area contributed by atoms with Crippen LogP contribution in [0.5, 0.6) is 0 Å². The maximum Gasteiger partial charge on any atom is 0.247 e. The maximum absolute atomic E-state index is 12.1. The Balaban J connectivity index is 1.67. The monoisotopic (exact) mass is 359 g/mol. The molecule has 0 unspecified atom stereocenters.